The Morgan fingerprint density at radius 1 is 1.78 bits per heavy atom. The van der Waals surface area contributed by atoms with Gasteiger partial charge in [-0.2, -0.15) is 0 Å². The van der Waals surface area contributed by atoms with Gasteiger partial charge in [-0.1, -0.05) is 6.92 Å². The first-order valence-electron chi connectivity index (χ1n) is 2.90. The molecular formula is C6H12O3. The van der Waals surface area contributed by atoms with Crippen LogP contribution >= 0.6 is 0 Å². The third-order valence-corrected chi connectivity index (χ3v) is 1.18. The van der Waals surface area contributed by atoms with Gasteiger partial charge in [0.25, 0.3) is 0 Å². The molecule has 0 fully saturated rings. The van der Waals surface area contributed by atoms with Gasteiger partial charge in [-0.25, -0.2) is 0 Å². The summed E-state index contributed by atoms with van der Waals surface area (Å²) < 4.78 is 4.70. The van der Waals surface area contributed by atoms with E-state index < -0.39 is 5.97 Å². The summed E-state index contributed by atoms with van der Waals surface area (Å²) in [6, 6.07) is 0. The fourth-order valence-corrected chi connectivity index (χ4v) is 0.418. The molecule has 0 spiro atoms. The van der Waals surface area contributed by atoms with Crippen molar-refractivity contribution >= 4 is 5.97 Å². The number of rotatable bonds is 4. The zero-order valence-electron chi connectivity index (χ0n) is 5.76. The molecule has 0 radical (unpaired) electrons. The van der Waals surface area contributed by atoms with Gasteiger partial charge in [0.1, 0.15) is 0 Å². The number of methoxy groups -OCH3 is 1. The maximum absolute atomic E-state index is 10.1. The van der Waals surface area contributed by atoms with Crippen LogP contribution in [-0.2, 0) is 9.53 Å². The van der Waals surface area contributed by atoms with E-state index in [9.17, 15) is 4.79 Å². The van der Waals surface area contributed by atoms with E-state index in [1.807, 2.05) is 0 Å². The number of carboxylic acids is 1. The Bertz CT molecular complexity index is 90.3. The largest absolute Gasteiger partial charge is 0.481 e. The SMILES string of the molecule is COCCC(C)C(=O)O. The maximum Gasteiger partial charge on any atom is 0.306 e. The van der Waals surface area contributed by atoms with Crippen LogP contribution in [0.5, 0.6) is 0 Å². The maximum atomic E-state index is 10.1. The van der Waals surface area contributed by atoms with Crippen molar-refractivity contribution in [3.05, 3.63) is 0 Å². The van der Waals surface area contributed by atoms with Gasteiger partial charge in [0.05, 0.1) is 5.92 Å². The summed E-state index contributed by atoms with van der Waals surface area (Å²) in [5.74, 6) is -1.04. The fourth-order valence-electron chi connectivity index (χ4n) is 0.418. The van der Waals surface area contributed by atoms with Crippen molar-refractivity contribution in [2.75, 3.05) is 13.7 Å². The third kappa shape index (κ3) is 3.97. The minimum atomic E-state index is -0.757. The Kier molecular flexibility index (Phi) is 4.05. The molecule has 0 rings (SSSR count). The number of carboxylic acid groups (broad SMARTS) is 1. The number of aliphatic carboxylic acids is 1. The van der Waals surface area contributed by atoms with Crippen molar-refractivity contribution in [1.82, 2.24) is 0 Å². The van der Waals surface area contributed by atoms with Crippen LogP contribution in [0.15, 0.2) is 0 Å². The number of ether oxygens (including phenoxy) is 1. The van der Waals surface area contributed by atoms with E-state index in [0.29, 0.717) is 13.0 Å². The molecule has 9 heavy (non-hydrogen) atoms. The molecule has 0 amide bonds. The van der Waals surface area contributed by atoms with Gasteiger partial charge in [0, 0.05) is 13.7 Å². The van der Waals surface area contributed by atoms with Crippen molar-refractivity contribution in [3.8, 4) is 0 Å². The lowest BCUT2D eigenvalue weighted by Crippen LogP contribution is -2.11. The van der Waals surface area contributed by atoms with Gasteiger partial charge in [0.15, 0.2) is 0 Å². The summed E-state index contributed by atoms with van der Waals surface area (Å²) in [5.41, 5.74) is 0. The van der Waals surface area contributed by atoms with Gasteiger partial charge in [-0.3, -0.25) is 4.79 Å². The average Bonchev–Trinajstić information content (AvgIpc) is 1.82. The molecule has 1 N–H and O–H groups in total. The van der Waals surface area contributed by atoms with Crippen molar-refractivity contribution in [1.29, 1.82) is 0 Å². The van der Waals surface area contributed by atoms with Crippen LogP contribution in [0.2, 0.25) is 0 Å². The Morgan fingerprint density at radius 2 is 2.33 bits per heavy atom. The van der Waals surface area contributed by atoms with Crippen molar-refractivity contribution in [2.45, 2.75) is 13.3 Å². The highest BCUT2D eigenvalue weighted by molar-refractivity contribution is 5.69. The molecular weight excluding hydrogens is 120 g/mol. The standard InChI is InChI=1S/C6H12O3/c1-5(6(7)8)3-4-9-2/h5H,3-4H2,1-2H3,(H,7,8). The van der Waals surface area contributed by atoms with Gasteiger partial charge < -0.3 is 9.84 Å². The van der Waals surface area contributed by atoms with Crippen LogP contribution < -0.4 is 0 Å². The smallest absolute Gasteiger partial charge is 0.306 e. The van der Waals surface area contributed by atoms with Crippen LogP contribution in [0.4, 0.5) is 0 Å². The van der Waals surface area contributed by atoms with Crippen LogP contribution in [-0.4, -0.2) is 24.8 Å². The molecule has 0 aromatic rings. The van der Waals surface area contributed by atoms with E-state index >= 15 is 0 Å². The summed E-state index contributed by atoms with van der Waals surface area (Å²) in [6.45, 7) is 2.19. The second-order valence-electron chi connectivity index (χ2n) is 2.02. The molecule has 0 heterocycles. The van der Waals surface area contributed by atoms with E-state index in [0.717, 1.165) is 0 Å². The second kappa shape index (κ2) is 4.32. The molecule has 0 saturated heterocycles. The molecule has 1 atom stereocenters. The average molecular weight is 132 g/mol. The second-order valence-corrected chi connectivity index (χ2v) is 2.02. The van der Waals surface area contributed by atoms with Crippen LogP contribution in [0, 0.1) is 5.92 Å². The molecule has 3 nitrogen and oxygen atoms in total. The topological polar surface area (TPSA) is 46.5 Å². The highest BCUT2D eigenvalue weighted by atomic mass is 16.5. The molecule has 0 aliphatic rings. The molecule has 0 aliphatic carbocycles. The van der Waals surface area contributed by atoms with Crippen molar-refractivity contribution in [2.24, 2.45) is 5.92 Å². The summed E-state index contributed by atoms with van der Waals surface area (Å²) in [6.07, 6.45) is 0.589. The minimum absolute atomic E-state index is 0.287. The third-order valence-electron chi connectivity index (χ3n) is 1.18. The summed E-state index contributed by atoms with van der Waals surface area (Å²) in [4.78, 5) is 10.1. The number of carbonyl (C=O) groups is 1. The van der Waals surface area contributed by atoms with Crippen molar-refractivity contribution in [3.63, 3.8) is 0 Å². The van der Waals surface area contributed by atoms with Crippen molar-refractivity contribution < 1.29 is 14.6 Å². The minimum Gasteiger partial charge on any atom is -0.481 e. The van der Waals surface area contributed by atoms with E-state index in [1.165, 1.54) is 0 Å². The Labute approximate surface area is 54.6 Å². The molecule has 0 aromatic carbocycles. The van der Waals surface area contributed by atoms with E-state index in [4.69, 9.17) is 9.84 Å². The normalized spacial score (nSPS) is 13.1. The van der Waals surface area contributed by atoms with Gasteiger partial charge >= 0.3 is 5.97 Å². The quantitative estimate of drug-likeness (QED) is 0.613. The first-order valence-corrected chi connectivity index (χ1v) is 2.90. The Balaban J connectivity index is 3.27. The lowest BCUT2D eigenvalue weighted by Gasteiger charge is -2.02. The summed E-state index contributed by atoms with van der Waals surface area (Å²) >= 11 is 0. The molecule has 54 valence electrons. The first kappa shape index (κ1) is 8.43. The number of hydrogen-bond donors (Lipinski definition) is 1. The molecule has 0 aliphatic heterocycles. The predicted molar refractivity (Wildman–Crippen MR) is 33.3 cm³/mol. The van der Waals surface area contributed by atoms with Crippen LogP contribution in [0.1, 0.15) is 13.3 Å². The predicted octanol–water partition coefficient (Wildman–Crippen LogP) is 0.744. The van der Waals surface area contributed by atoms with Crippen LogP contribution in [0.3, 0.4) is 0 Å². The number of hydrogen-bond acceptors (Lipinski definition) is 2. The van der Waals surface area contributed by atoms with Crippen LogP contribution in [0.25, 0.3) is 0 Å². The fraction of sp³-hybridized carbons (Fsp3) is 0.833. The summed E-state index contributed by atoms with van der Waals surface area (Å²) in [5, 5.41) is 8.35. The lowest BCUT2D eigenvalue weighted by molar-refractivity contribution is -0.141. The van der Waals surface area contributed by atoms with Gasteiger partial charge in [-0.05, 0) is 6.42 Å². The van der Waals surface area contributed by atoms with E-state index in [1.54, 1.807) is 14.0 Å². The highest BCUT2D eigenvalue weighted by Crippen LogP contribution is 2.00. The molecule has 0 aromatic heterocycles. The van der Waals surface area contributed by atoms with Gasteiger partial charge in [0.2, 0.25) is 0 Å². The molecule has 3 heteroatoms. The Hall–Kier alpha value is -0.570. The highest BCUT2D eigenvalue weighted by Gasteiger charge is 2.08. The monoisotopic (exact) mass is 132 g/mol. The zero-order valence-corrected chi connectivity index (χ0v) is 5.76. The zero-order chi connectivity index (χ0) is 7.28. The summed E-state index contributed by atoms with van der Waals surface area (Å²) in [7, 11) is 1.56. The molecule has 0 saturated carbocycles. The van der Waals surface area contributed by atoms with E-state index in [-0.39, 0.29) is 5.92 Å². The molecule has 1 unspecified atom stereocenters. The van der Waals surface area contributed by atoms with Gasteiger partial charge in [-0.15, -0.1) is 0 Å². The Morgan fingerprint density at radius 3 is 2.67 bits per heavy atom. The molecule has 0 bridgehead atoms. The van der Waals surface area contributed by atoms with E-state index in [2.05, 4.69) is 0 Å². The lowest BCUT2D eigenvalue weighted by atomic mass is 10.1. The first-order chi connectivity index (χ1) is 4.18.